The molecule has 1 N–H and O–H groups in total. The number of furan rings is 1. The van der Waals surface area contributed by atoms with Crippen LogP contribution in [0.5, 0.6) is 0 Å². The number of rotatable bonds is 3. The summed E-state index contributed by atoms with van der Waals surface area (Å²) >= 11 is 0. The lowest BCUT2D eigenvalue weighted by atomic mass is 9.71. The average Bonchev–Trinajstić information content (AvgIpc) is 3.26. The van der Waals surface area contributed by atoms with Gasteiger partial charge in [-0.15, -0.1) is 0 Å². The Morgan fingerprint density at radius 1 is 1.30 bits per heavy atom. The third-order valence-corrected chi connectivity index (χ3v) is 5.81. The number of nitrogens with zero attached hydrogens (tertiary/aromatic N) is 1. The van der Waals surface area contributed by atoms with Crippen molar-refractivity contribution in [1.82, 2.24) is 4.57 Å². The molecule has 0 saturated heterocycles. The Hall–Kier alpha value is -2.95. The van der Waals surface area contributed by atoms with Gasteiger partial charge < -0.3 is 18.8 Å². The van der Waals surface area contributed by atoms with Crippen LogP contribution in [-0.2, 0) is 28.4 Å². The molecule has 4 rings (SSSR count). The van der Waals surface area contributed by atoms with E-state index in [1.165, 1.54) is 7.11 Å². The van der Waals surface area contributed by atoms with E-state index < -0.39 is 11.4 Å². The Morgan fingerprint density at radius 3 is 2.74 bits per heavy atom. The van der Waals surface area contributed by atoms with Crippen LogP contribution >= 0.6 is 0 Å². The second-order valence-electron chi connectivity index (χ2n) is 7.66. The zero-order chi connectivity index (χ0) is 19.3. The Morgan fingerprint density at radius 2 is 2.07 bits per heavy atom. The number of carbonyl (C=O) groups is 1. The van der Waals surface area contributed by atoms with E-state index in [-0.39, 0.29) is 17.3 Å². The molecule has 27 heavy (non-hydrogen) atoms. The molecule has 0 spiro atoms. The molecule has 1 unspecified atom stereocenters. The normalized spacial score (nSPS) is 18.6. The van der Waals surface area contributed by atoms with Gasteiger partial charge in [-0.25, -0.2) is 4.79 Å². The molecule has 0 amide bonds. The first-order chi connectivity index (χ1) is 12.9. The molecule has 5 nitrogen and oxygen atoms in total. The maximum atomic E-state index is 12.7. The van der Waals surface area contributed by atoms with E-state index >= 15 is 0 Å². The molecule has 2 aromatic heterocycles. The zero-order valence-electron chi connectivity index (χ0n) is 15.9. The number of carbonyl (C=O) groups excluding carboxylic acids is 1. The van der Waals surface area contributed by atoms with Crippen molar-refractivity contribution >= 4 is 22.4 Å². The zero-order valence-corrected chi connectivity index (χ0v) is 15.9. The van der Waals surface area contributed by atoms with Crippen molar-refractivity contribution in [3.8, 4) is 0 Å². The van der Waals surface area contributed by atoms with Gasteiger partial charge in [0.25, 0.3) is 0 Å². The highest BCUT2D eigenvalue weighted by atomic mass is 16.5. The molecule has 0 fully saturated rings. The van der Waals surface area contributed by atoms with Crippen molar-refractivity contribution in [3.63, 3.8) is 0 Å². The number of aliphatic hydroxyl groups excluding tert-OH is 1. The van der Waals surface area contributed by atoms with Crippen LogP contribution in [0.15, 0.2) is 53.0 Å². The summed E-state index contributed by atoms with van der Waals surface area (Å²) in [6.45, 7) is 4.20. The smallest absolute Gasteiger partial charge is 0.341 e. The fourth-order valence-electron chi connectivity index (χ4n) is 4.28. The van der Waals surface area contributed by atoms with Gasteiger partial charge in [0.15, 0.2) is 0 Å². The van der Waals surface area contributed by atoms with E-state index in [1.807, 2.05) is 37.4 Å². The molecule has 1 aliphatic rings. The topological polar surface area (TPSA) is 64.6 Å². The lowest BCUT2D eigenvalue weighted by molar-refractivity contribution is -0.133. The van der Waals surface area contributed by atoms with Gasteiger partial charge in [-0.3, -0.25) is 0 Å². The number of aliphatic hydroxyl groups is 1. The molecule has 3 aromatic rings. The fraction of sp³-hybridized carbons (Fsp3) is 0.318. The average molecular weight is 365 g/mol. The number of hydrogen-bond acceptors (Lipinski definition) is 4. The highest BCUT2D eigenvalue weighted by Gasteiger charge is 2.43. The van der Waals surface area contributed by atoms with E-state index in [0.29, 0.717) is 12.0 Å². The number of esters is 1. The van der Waals surface area contributed by atoms with Crippen LogP contribution in [0.25, 0.3) is 16.5 Å². The van der Waals surface area contributed by atoms with Crippen LogP contribution < -0.4 is 0 Å². The summed E-state index contributed by atoms with van der Waals surface area (Å²) in [5, 5.41) is 12.3. The van der Waals surface area contributed by atoms with Gasteiger partial charge in [-0.1, -0.05) is 26.0 Å². The van der Waals surface area contributed by atoms with Crippen LogP contribution in [0.2, 0.25) is 0 Å². The van der Waals surface area contributed by atoms with E-state index in [9.17, 15) is 9.90 Å². The van der Waals surface area contributed by atoms with Crippen molar-refractivity contribution in [2.45, 2.75) is 25.7 Å². The third kappa shape index (κ3) is 2.49. The predicted octanol–water partition coefficient (Wildman–Crippen LogP) is 4.36. The van der Waals surface area contributed by atoms with Crippen LogP contribution in [-0.4, -0.2) is 22.8 Å². The molecular weight excluding hydrogens is 342 g/mol. The molecule has 0 aliphatic heterocycles. The van der Waals surface area contributed by atoms with Gasteiger partial charge in [-0.2, -0.15) is 0 Å². The second-order valence-corrected chi connectivity index (χ2v) is 7.66. The van der Waals surface area contributed by atoms with Gasteiger partial charge in [0.05, 0.1) is 13.4 Å². The molecule has 0 radical (unpaired) electrons. The minimum absolute atomic E-state index is 0.0506. The van der Waals surface area contributed by atoms with Crippen molar-refractivity contribution in [1.29, 1.82) is 0 Å². The lowest BCUT2D eigenvalue weighted by Gasteiger charge is -2.33. The summed E-state index contributed by atoms with van der Waals surface area (Å²) in [4.78, 5) is 12.7. The van der Waals surface area contributed by atoms with Crippen LogP contribution in [0.1, 0.15) is 30.7 Å². The van der Waals surface area contributed by atoms with Crippen molar-refractivity contribution < 1.29 is 19.1 Å². The summed E-state index contributed by atoms with van der Waals surface area (Å²) < 4.78 is 12.6. The maximum absolute atomic E-state index is 12.7. The Labute approximate surface area is 157 Å². The molecule has 2 heterocycles. The van der Waals surface area contributed by atoms with E-state index in [1.54, 1.807) is 6.26 Å². The molecule has 0 saturated carbocycles. The first kappa shape index (κ1) is 17.5. The van der Waals surface area contributed by atoms with Crippen LogP contribution in [0.4, 0.5) is 0 Å². The number of aryl methyl sites for hydroxylation is 1. The van der Waals surface area contributed by atoms with Gasteiger partial charge in [-0.05, 0) is 23.8 Å². The van der Waals surface area contributed by atoms with Crippen molar-refractivity contribution in [2.75, 3.05) is 7.11 Å². The number of benzene rings is 1. The Balaban J connectivity index is 2.06. The molecule has 5 heteroatoms. The number of aromatic nitrogens is 1. The first-order valence-corrected chi connectivity index (χ1v) is 8.99. The van der Waals surface area contributed by atoms with Crippen molar-refractivity contribution in [2.24, 2.45) is 13.0 Å². The molecule has 1 atom stereocenters. The minimum Gasteiger partial charge on any atom is -0.511 e. The fourth-order valence-corrected chi connectivity index (χ4v) is 4.28. The summed E-state index contributed by atoms with van der Waals surface area (Å²) in [5.41, 5.74) is 2.63. The number of methoxy groups -OCH3 is 1. The molecule has 1 aliphatic carbocycles. The van der Waals surface area contributed by atoms with Gasteiger partial charge in [0.2, 0.25) is 0 Å². The Kier molecular flexibility index (Phi) is 3.91. The highest BCUT2D eigenvalue weighted by Crippen LogP contribution is 2.48. The van der Waals surface area contributed by atoms with Gasteiger partial charge >= 0.3 is 5.97 Å². The number of allylic oxidation sites excluding steroid dienone is 1. The monoisotopic (exact) mass is 365 g/mol. The number of hydrogen-bond donors (Lipinski definition) is 1. The Bertz CT molecular complexity index is 1050. The lowest BCUT2D eigenvalue weighted by Crippen LogP contribution is -2.32. The first-order valence-electron chi connectivity index (χ1n) is 8.99. The molecule has 140 valence electrons. The molecule has 0 bridgehead atoms. The minimum atomic E-state index is -0.531. The van der Waals surface area contributed by atoms with Crippen molar-refractivity contribution in [3.05, 3.63) is 65.4 Å². The largest absolute Gasteiger partial charge is 0.511 e. The van der Waals surface area contributed by atoms with Crippen LogP contribution in [0, 0.1) is 5.92 Å². The standard InChI is InChI=1S/C22H23NO4/c1-22(2)15(11-13-7-6-10-27-13)20(24)19(21(25)26-4)14-8-5-9-17-18(14)16(22)12-23(17)3/h5-10,12,15,24H,11H2,1-4H3. The summed E-state index contributed by atoms with van der Waals surface area (Å²) in [6, 6.07) is 9.52. The maximum Gasteiger partial charge on any atom is 0.341 e. The van der Waals surface area contributed by atoms with Gasteiger partial charge in [0.1, 0.15) is 17.1 Å². The number of ether oxygens (including phenoxy) is 1. The summed E-state index contributed by atoms with van der Waals surface area (Å²) in [7, 11) is 3.34. The summed E-state index contributed by atoms with van der Waals surface area (Å²) in [6.07, 6.45) is 4.20. The molecule has 1 aromatic carbocycles. The van der Waals surface area contributed by atoms with E-state index in [2.05, 4.69) is 24.6 Å². The summed E-state index contributed by atoms with van der Waals surface area (Å²) in [5.74, 6) is -0.0516. The van der Waals surface area contributed by atoms with E-state index in [0.717, 1.165) is 22.2 Å². The van der Waals surface area contributed by atoms with E-state index in [4.69, 9.17) is 9.15 Å². The van der Waals surface area contributed by atoms with Gasteiger partial charge in [0, 0.05) is 47.5 Å². The predicted molar refractivity (Wildman–Crippen MR) is 103 cm³/mol. The van der Waals surface area contributed by atoms with Crippen LogP contribution in [0.3, 0.4) is 0 Å². The third-order valence-electron chi connectivity index (χ3n) is 5.81. The highest BCUT2D eigenvalue weighted by molar-refractivity contribution is 6.21. The molecular formula is C22H23NO4. The SMILES string of the molecule is COC(=O)C1=C(O)C(Cc2ccco2)C(C)(C)c2cn(C)c3cccc1c23. The second kappa shape index (κ2) is 6.05. The quantitative estimate of drug-likeness (QED) is 0.700.